The predicted octanol–water partition coefficient (Wildman–Crippen LogP) is 1.68. The second-order valence-corrected chi connectivity index (χ2v) is 9.85. The van der Waals surface area contributed by atoms with Gasteiger partial charge in [0, 0.05) is 58.8 Å². The molecule has 0 bridgehead atoms. The fraction of sp³-hybridized carbons (Fsp3) is 0.259. The number of carbonyl (C=O) groups is 2. The van der Waals surface area contributed by atoms with E-state index in [1.807, 2.05) is 48.5 Å². The standard InChI is InChI=1S/C27H25N5O4/c1-31-26(35)20-18-12-6-2-4-8-15(12)30-22(18)23-19(21(20)27(31)36)13-7-3-5-9-17(13)32(23)11-16-25(34)24(33)14(28)10-29-16/h2-9,14,16,24-25,29-30,33-34H,10-11,28H2,1H3/t14-,16-,24+,25+/m0/s1. The van der Waals surface area contributed by atoms with Crippen LogP contribution in [0, 0.1) is 0 Å². The zero-order chi connectivity index (χ0) is 24.9. The van der Waals surface area contributed by atoms with Crippen molar-refractivity contribution in [3.8, 4) is 0 Å². The summed E-state index contributed by atoms with van der Waals surface area (Å²) in [5, 5.41) is 27.7. The number of hydrogen-bond acceptors (Lipinski definition) is 6. The fourth-order valence-corrected chi connectivity index (χ4v) is 6.08. The van der Waals surface area contributed by atoms with Gasteiger partial charge in [0.1, 0.15) is 0 Å². The minimum atomic E-state index is -1.06. The van der Waals surface area contributed by atoms with Crippen molar-refractivity contribution in [2.45, 2.75) is 30.8 Å². The molecule has 1 fully saturated rings. The number of aliphatic hydroxyl groups is 2. The first-order valence-electron chi connectivity index (χ1n) is 12.0. The number of piperidine rings is 1. The number of amides is 2. The molecule has 5 aromatic rings. The molecule has 1 saturated heterocycles. The maximum absolute atomic E-state index is 13.5. The van der Waals surface area contributed by atoms with E-state index in [1.165, 1.54) is 11.9 Å². The van der Waals surface area contributed by atoms with Crippen LogP contribution < -0.4 is 11.1 Å². The van der Waals surface area contributed by atoms with Crippen LogP contribution in [-0.2, 0) is 6.54 Å². The summed E-state index contributed by atoms with van der Waals surface area (Å²) in [5.74, 6) is -0.641. The largest absolute Gasteiger partial charge is 0.389 e. The van der Waals surface area contributed by atoms with E-state index in [0.29, 0.717) is 29.6 Å². The van der Waals surface area contributed by atoms with Gasteiger partial charge >= 0.3 is 0 Å². The minimum absolute atomic E-state index is 0.315. The number of imide groups is 1. The topological polar surface area (TPSA) is 137 Å². The molecule has 6 N–H and O–H groups in total. The third-order valence-electron chi connectivity index (χ3n) is 7.90. The molecule has 9 heteroatoms. The first-order valence-corrected chi connectivity index (χ1v) is 12.0. The highest BCUT2D eigenvalue weighted by Gasteiger charge is 2.40. The number of nitrogens with two attached hydrogens (primary N) is 1. The number of fused-ring (bicyclic) bond motifs is 10. The van der Waals surface area contributed by atoms with E-state index in [4.69, 9.17) is 5.73 Å². The van der Waals surface area contributed by atoms with Crippen LogP contribution in [0.4, 0.5) is 0 Å². The quantitative estimate of drug-likeness (QED) is 0.242. The molecule has 0 aliphatic carbocycles. The predicted molar refractivity (Wildman–Crippen MR) is 137 cm³/mol. The lowest BCUT2D eigenvalue weighted by atomic mass is 9.94. The van der Waals surface area contributed by atoms with Crippen molar-refractivity contribution in [2.75, 3.05) is 13.6 Å². The van der Waals surface area contributed by atoms with Crippen molar-refractivity contribution in [1.82, 2.24) is 19.8 Å². The third-order valence-corrected chi connectivity index (χ3v) is 7.90. The highest BCUT2D eigenvalue weighted by molar-refractivity contribution is 6.39. The molecule has 4 heterocycles. The van der Waals surface area contributed by atoms with E-state index in [-0.39, 0.29) is 11.8 Å². The first-order chi connectivity index (χ1) is 17.4. The second kappa shape index (κ2) is 7.37. The molecular weight excluding hydrogens is 458 g/mol. The van der Waals surface area contributed by atoms with Gasteiger partial charge in [-0.1, -0.05) is 36.4 Å². The van der Waals surface area contributed by atoms with E-state index < -0.39 is 24.3 Å². The van der Waals surface area contributed by atoms with Gasteiger partial charge in [0.05, 0.1) is 40.4 Å². The second-order valence-electron chi connectivity index (χ2n) is 9.85. The lowest BCUT2D eigenvalue weighted by Crippen LogP contribution is -2.63. The fourth-order valence-electron chi connectivity index (χ4n) is 6.08. The van der Waals surface area contributed by atoms with E-state index in [2.05, 4.69) is 14.9 Å². The van der Waals surface area contributed by atoms with Crippen LogP contribution in [0.5, 0.6) is 0 Å². The lowest BCUT2D eigenvalue weighted by Gasteiger charge is -2.37. The number of aromatic amines is 1. The summed E-state index contributed by atoms with van der Waals surface area (Å²) < 4.78 is 2.07. The molecule has 0 saturated carbocycles. The number of benzene rings is 3. The summed E-state index contributed by atoms with van der Waals surface area (Å²) in [6.07, 6.45) is -2.11. The monoisotopic (exact) mass is 483 g/mol. The Hall–Kier alpha value is -3.76. The maximum atomic E-state index is 13.5. The normalized spacial score (nSPS) is 24.6. The Morgan fingerprint density at radius 2 is 1.61 bits per heavy atom. The average Bonchev–Trinajstić information content (AvgIpc) is 3.49. The lowest BCUT2D eigenvalue weighted by molar-refractivity contribution is -0.0400. The number of para-hydroxylation sites is 2. The van der Waals surface area contributed by atoms with Crippen molar-refractivity contribution in [3.05, 3.63) is 59.7 Å². The highest BCUT2D eigenvalue weighted by Crippen LogP contribution is 2.44. The van der Waals surface area contributed by atoms with Gasteiger partial charge in [-0.15, -0.1) is 0 Å². The van der Waals surface area contributed by atoms with E-state index in [9.17, 15) is 19.8 Å². The molecule has 2 aliphatic heterocycles. The van der Waals surface area contributed by atoms with Crippen LogP contribution in [0.25, 0.3) is 43.6 Å². The number of rotatable bonds is 2. The van der Waals surface area contributed by atoms with Crippen LogP contribution in [-0.4, -0.2) is 74.4 Å². The maximum Gasteiger partial charge on any atom is 0.262 e. The number of aliphatic hydroxyl groups excluding tert-OH is 2. The molecule has 0 radical (unpaired) electrons. The molecule has 2 aromatic heterocycles. The summed E-state index contributed by atoms with van der Waals surface area (Å²) >= 11 is 0. The number of nitrogens with one attached hydrogen (secondary N) is 2. The van der Waals surface area contributed by atoms with Crippen LogP contribution in [0.2, 0.25) is 0 Å². The number of aromatic nitrogens is 2. The molecule has 9 nitrogen and oxygen atoms in total. The number of nitrogens with zero attached hydrogens (tertiary/aromatic N) is 2. The third kappa shape index (κ3) is 2.63. The van der Waals surface area contributed by atoms with Gasteiger partial charge in [0.25, 0.3) is 11.8 Å². The van der Waals surface area contributed by atoms with Crippen molar-refractivity contribution >= 4 is 55.4 Å². The number of carbonyl (C=O) groups excluding carboxylic acids is 2. The molecule has 4 atom stereocenters. The van der Waals surface area contributed by atoms with E-state index in [1.54, 1.807) is 0 Å². The average molecular weight is 484 g/mol. The SMILES string of the molecule is CN1C(=O)c2c(c3c4ccccc4n(C[C@@H]4NC[C@H](N)[C@@H](O)[C@@H]4O)c3c3[nH]c4ccccc4c23)C1=O. The molecule has 36 heavy (non-hydrogen) atoms. The van der Waals surface area contributed by atoms with Gasteiger partial charge in [-0.25, -0.2) is 0 Å². The molecule has 0 unspecified atom stereocenters. The molecular formula is C27H25N5O4. The zero-order valence-corrected chi connectivity index (χ0v) is 19.5. The summed E-state index contributed by atoms with van der Waals surface area (Å²) in [4.78, 5) is 31.6. The Labute approximate surface area is 205 Å². The van der Waals surface area contributed by atoms with Crippen LogP contribution in [0.15, 0.2) is 48.5 Å². The van der Waals surface area contributed by atoms with Gasteiger partial charge < -0.3 is 30.8 Å². The van der Waals surface area contributed by atoms with Crippen molar-refractivity contribution < 1.29 is 19.8 Å². The Bertz CT molecular complexity index is 1750. The molecule has 3 aromatic carbocycles. The molecule has 2 amide bonds. The highest BCUT2D eigenvalue weighted by atomic mass is 16.3. The summed E-state index contributed by atoms with van der Waals surface area (Å²) in [7, 11) is 1.52. The van der Waals surface area contributed by atoms with Crippen LogP contribution in [0.3, 0.4) is 0 Å². The Kier molecular flexibility index (Phi) is 4.41. The molecule has 182 valence electrons. The van der Waals surface area contributed by atoms with Gasteiger partial charge in [-0.2, -0.15) is 0 Å². The molecule has 0 spiro atoms. The summed E-state index contributed by atoms with van der Waals surface area (Å²) in [5.41, 5.74) is 10.1. The zero-order valence-electron chi connectivity index (χ0n) is 19.5. The number of H-pyrrole nitrogens is 1. The van der Waals surface area contributed by atoms with Gasteiger partial charge in [-0.3, -0.25) is 14.5 Å². The smallest absolute Gasteiger partial charge is 0.262 e. The summed E-state index contributed by atoms with van der Waals surface area (Å²) in [6, 6.07) is 14.5. The van der Waals surface area contributed by atoms with Crippen molar-refractivity contribution in [3.63, 3.8) is 0 Å². The Morgan fingerprint density at radius 1 is 0.944 bits per heavy atom. The van der Waals surface area contributed by atoms with Gasteiger partial charge in [0.15, 0.2) is 0 Å². The number of hydrogen-bond donors (Lipinski definition) is 5. The minimum Gasteiger partial charge on any atom is -0.389 e. The van der Waals surface area contributed by atoms with E-state index >= 15 is 0 Å². The van der Waals surface area contributed by atoms with Crippen LogP contribution >= 0.6 is 0 Å². The summed E-state index contributed by atoms with van der Waals surface area (Å²) in [6.45, 7) is 0.700. The first kappa shape index (κ1) is 21.5. The van der Waals surface area contributed by atoms with E-state index in [0.717, 1.165) is 38.2 Å². The molecule has 2 aliphatic rings. The van der Waals surface area contributed by atoms with Gasteiger partial charge in [0.2, 0.25) is 0 Å². The van der Waals surface area contributed by atoms with Gasteiger partial charge in [-0.05, 0) is 12.1 Å². The Morgan fingerprint density at radius 3 is 2.39 bits per heavy atom. The van der Waals surface area contributed by atoms with Crippen molar-refractivity contribution in [2.24, 2.45) is 5.73 Å². The van der Waals surface area contributed by atoms with Crippen LogP contribution in [0.1, 0.15) is 20.7 Å². The van der Waals surface area contributed by atoms with Crippen molar-refractivity contribution in [1.29, 1.82) is 0 Å². The molecule has 7 rings (SSSR count). The Balaban J connectivity index is 1.63.